The van der Waals surface area contributed by atoms with E-state index in [1.54, 1.807) is 20.2 Å². The quantitative estimate of drug-likeness (QED) is 0.248. The number of carbonyl (C=O) groups excluding carboxylic acids is 3. The summed E-state index contributed by atoms with van der Waals surface area (Å²) in [5.41, 5.74) is 5.90. The molecular weight excluding hydrogens is 598 g/mol. The maximum absolute atomic E-state index is 14.5. The minimum Gasteiger partial charge on any atom is -0.510 e. The highest BCUT2D eigenvalue weighted by Crippen LogP contribution is 2.53. The van der Waals surface area contributed by atoms with Crippen molar-refractivity contribution in [3.8, 4) is 28.7 Å². The van der Waals surface area contributed by atoms with Crippen molar-refractivity contribution in [2.45, 2.75) is 50.2 Å². The molecule has 0 aliphatic heterocycles. The van der Waals surface area contributed by atoms with Crippen LogP contribution in [0, 0.1) is 23.7 Å². The molecule has 0 spiro atoms. The second-order valence-electron chi connectivity index (χ2n) is 13.3. The molecule has 4 aliphatic rings. The molecule has 0 heterocycles. The Morgan fingerprint density at radius 2 is 1.72 bits per heavy atom. The number of likely N-dealkylation sites (N-methyl/N-ethyl adjacent to an activating group) is 1. The number of nitrogens with zero attached hydrogens (tertiary/aromatic N) is 2. The largest absolute Gasteiger partial charge is 0.510 e. The van der Waals surface area contributed by atoms with Crippen molar-refractivity contribution < 1.29 is 34.8 Å². The second kappa shape index (κ2) is 11.7. The number of aromatic hydroxyl groups is 1. The number of fused-ring (bicyclic) bond motifs is 3. The van der Waals surface area contributed by atoms with Crippen LogP contribution in [0.25, 0.3) is 11.1 Å². The lowest BCUT2D eigenvalue weighted by molar-refractivity contribution is -0.148. The van der Waals surface area contributed by atoms with E-state index in [9.17, 15) is 34.8 Å². The predicted octanol–water partition coefficient (Wildman–Crippen LogP) is 3.71. The van der Waals surface area contributed by atoms with Crippen molar-refractivity contribution >= 4 is 23.2 Å². The fraction of sp³-hybridized carbons (Fsp3) is 0.378. The molecule has 0 radical (unpaired) electrons. The van der Waals surface area contributed by atoms with Crippen LogP contribution in [-0.2, 0) is 16.0 Å². The molecule has 0 unspecified atom stereocenters. The first-order valence-electron chi connectivity index (χ1n) is 15.8. The van der Waals surface area contributed by atoms with Crippen molar-refractivity contribution in [1.29, 1.82) is 0 Å². The van der Waals surface area contributed by atoms with Crippen LogP contribution < -0.4 is 10.6 Å². The zero-order chi connectivity index (χ0) is 33.9. The van der Waals surface area contributed by atoms with Crippen LogP contribution in [0.15, 0.2) is 64.6 Å². The first-order valence-corrected chi connectivity index (χ1v) is 15.8. The number of rotatable bonds is 4. The van der Waals surface area contributed by atoms with E-state index >= 15 is 0 Å². The summed E-state index contributed by atoms with van der Waals surface area (Å²) in [4.78, 5) is 43.9. The Bertz CT molecular complexity index is 1870. The number of allylic oxidation sites excluding steroid dienone is 3. The van der Waals surface area contributed by atoms with Gasteiger partial charge >= 0.3 is 0 Å². The summed E-state index contributed by atoms with van der Waals surface area (Å²) in [5, 5.41) is 46.3. The molecule has 47 heavy (non-hydrogen) atoms. The molecule has 2 aromatic rings. The topological polar surface area (TPSA) is 165 Å². The maximum Gasteiger partial charge on any atom is 0.255 e. The average Bonchev–Trinajstić information content (AvgIpc) is 3.02. The first kappa shape index (κ1) is 32.1. The number of anilines is 1. The van der Waals surface area contributed by atoms with Crippen LogP contribution >= 0.6 is 0 Å². The molecule has 0 fully saturated rings. The summed E-state index contributed by atoms with van der Waals surface area (Å²) in [6.45, 7) is 0. The van der Waals surface area contributed by atoms with E-state index in [1.165, 1.54) is 4.90 Å². The van der Waals surface area contributed by atoms with Gasteiger partial charge in [-0.2, -0.15) is 0 Å². The van der Waals surface area contributed by atoms with E-state index < -0.39 is 58.0 Å². The minimum absolute atomic E-state index is 0.0151. The molecule has 0 saturated heterocycles. The molecule has 244 valence electrons. The molecule has 10 heteroatoms. The third-order valence-electron chi connectivity index (χ3n) is 10.1. The SMILES string of the molecule is CN(C)c1ccc(-c2cc(C#CC3=CCCCC3)c(O)c3c2C[C@H]2C[C@H]4[C@H](N(C)C)C(O)=C(C(N)=O)C(=O)[C@@]4(O)C(O)=C2C3=O)cc1. The maximum atomic E-state index is 14.5. The molecule has 1 amide bonds. The molecule has 4 atom stereocenters. The lowest BCUT2D eigenvalue weighted by Gasteiger charge is -2.50. The molecule has 10 nitrogen and oxygen atoms in total. The van der Waals surface area contributed by atoms with Gasteiger partial charge < -0.3 is 31.1 Å². The summed E-state index contributed by atoms with van der Waals surface area (Å²) in [7, 11) is 7.08. The summed E-state index contributed by atoms with van der Waals surface area (Å²) in [6, 6.07) is 8.51. The number of primary amides is 1. The standard InChI is InChI=1S/C37H39N3O7/c1-39(2)23-14-12-20(13-15-23)24-16-21(11-10-19-8-6-5-7-9-19)31(41)28-25(24)17-22-18-26-30(40(3)4)33(43)29(36(38)46)35(45)37(26,47)34(44)27(22)32(28)42/h8,12-16,22,26,30,41,43-44,47H,5-7,9,17-18H2,1-4H3,(H2,38,46)/t22-,26-,30-,37-/m0/s1. The second-order valence-corrected chi connectivity index (χ2v) is 13.3. The number of nitrogens with two attached hydrogens (primary N) is 1. The molecule has 0 saturated carbocycles. The van der Waals surface area contributed by atoms with Gasteiger partial charge in [-0.05, 0) is 99.0 Å². The lowest BCUT2D eigenvalue weighted by Crippen LogP contribution is -2.63. The van der Waals surface area contributed by atoms with Gasteiger partial charge in [0.15, 0.2) is 11.4 Å². The monoisotopic (exact) mass is 637 g/mol. The average molecular weight is 638 g/mol. The third kappa shape index (κ3) is 5.01. The summed E-state index contributed by atoms with van der Waals surface area (Å²) in [5.74, 6) is -0.630. The van der Waals surface area contributed by atoms with Crippen LogP contribution in [0.3, 0.4) is 0 Å². The fourth-order valence-corrected chi connectivity index (χ4v) is 7.71. The smallest absolute Gasteiger partial charge is 0.255 e. The number of amides is 1. The Morgan fingerprint density at radius 3 is 2.32 bits per heavy atom. The number of ketones is 2. The van der Waals surface area contributed by atoms with Gasteiger partial charge in [-0.15, -0.1) is 0 Å². The molecule has 0 aromatic heterocycles. The van der Waals surface area contributed by atoms with Gasteiger partial charge in [0, 0.05) is 31.3 Å². The van der Waals surface area contributed by atoms with Crippen molar-refractivity contribution in [1.82, 2.24) is 4.90 Å². The van der Waals surface area contributed by atoms with Crippen LogP contribution in [0.1, 0.15) is 53.6 Å². The zero-order valence-corrected chi connectivity index (χ0v) is 26.9. The Balaban J connectivity index is 1.56. The number of phenols is 1. The number of phenolic OH excluding ortho intramolecular Hbond substituents is 1. The number of carbonyl (C=O) groups is 3. The van der Waals surface area contributed by atoms with Gasteiger partial charge in [0.05, 0.1) is 17.2 Å². The molecule has 0 bridgehead atoms. The van der Waals surface area contributed by atoms with Crippen LogP contribution in [0.4, 0.5) is 5.69 Å². The van der Waals surface area contributed by atoms with Crippen LogP contribution in [0.5, 0.6) is 5.75 Å². The Labute approximate surface area is 273 Å². The van der Waals surface area contributed by atoms with Crippen molar-refractivity contribution in [3.63, 3.8) is 0 Å². The Kier molecular flexibility index (Phi) is 8.02. The van der Waals surface area contributed by atoms with Gasteiger partial charge in [0.1, 0.15) is 22.8 Å². The minimum atomic E-state index is -2.70. The van der Waals surface area contributed by atoms with E-state index in [-0.39, 0.29) is 35.3 Å². The number of aliphatic hydroxyl groups excluding tert-OH is 2. The van der Waals surface area contributed by atoms with E-state index in [1.807, 2.05) is 43.3 Å². The van der Waals surface area contributed by atoms with E-state index in [0.717, 1.165) is 42.5 Å². The van der Waals surface area contributed by atoms with Crippen LogP contribution in [0.2, 0.25) is 0 Å². The highest BCUT2D eigenvalue weighted by atomic mass is 16.3. The fourth-order valence-electron chi connectivity index (χ4n) is 7.71. The van der Waals surface area contributed by atoms with Crippen LogP contribution in [-0.4, -0.2) is 82.6 Å². The highest BCUT2D eigenvalue weighted by molar-refractivity contribution is 6.25. The summed E-state index contributed by atoms with van der Waals surface area (Å²) in [6.07, 6.45) is 6.16. The lowest BCUT2D eigenvalue weighted by atomic mass is 9.58. The number of hydrogen-bond donors (Lipinski definition) is 5. The number of hydrogen-bond acceptors (Lipinski definition) is 9. The molecular formula is C37H39N3O7. The molecule has 6 N–H and O–H groups in total. The number of Topliss-reactive ketones (excluding diaryl/α,β-unsaturated/α-hetero) is 2. The molecule has 6 rings (SSSR count). The normalized spacial score (nSPS) is 25.4. The summed E-state index contributed by atoms with van der Waals surface area (Å²) < 4.78 is 0. The van der Waals surface area contributed by atoms with Gasteiger partial charge in [-0.25, -0.2) is 0 Å². The highest BCUT2D eigenvalue weighted by Gasteiger charge is 2.63. The Morgan fingerprint density at radius 1 is 1.02 bits per heavy atom. The van der Waals surface area contributed by atoms with Gasteiger partial charge in [0.25, 0.3) is 5.91 Å². The van der Waals surface area contributed by atoms with E-state index in [4.69, 9.17) is 5.73 Å². The predicted molar refractivity (Wildman–Crippen MR) is 177 cm³/mol. The number of aliphatic hydroxyl groups is 3. The van der Waals surface area contributed by atoms with Crippen molar-refractivity contribution in [3.05, 3.63) is 81.3 Å². The first-order chi connectivity index (χ1) is 22.3. The van der Waals surface area contributed by atoms with Crippen molar-refractivity contribution in [2.75, 3.05) is 33.1 Å². The van der Waals surface area contributed by atoms with E-state index in [2.05, 4.69) is 17.9 Å². The van der Waals surface area contributed by atoms with Gasteiger partial charge in [0.2, 0.25) is 5.78 Å². The molecule has 2 aromatic carbocycles. The van der Waals surface area contributed by atoms with Gasteiger partial charge in [-0.1, -0.05) is 30.0 Å². The third-order valence-corrected chi connectivity index (χ3v) is 10.1. The zero-order valence-electron chi connectivity index (χ0n) is 26.9. The van der Waals surface area contributed by atoms with E-state index in [0.29, 0.717) is 11.1 Å². The van der Waals surface area contributed by atoms with Crippen molar-refractivity contribution in [2.24, 2.45) is 17.6 Å². The molecule has 4 aliphatic carbocycles. The Hall–Kier alpha value is -4.85. The number of benzene rings is 2. The van der Waals surface area contributed by atoms with Gasteiger partial charge in [-0.3, -0.25) is 19.3 Å². The summed E-state index contributed by atoms with van der Waals surface area (Å²) >= 11 is 0.